The van der Waals surface area contributed by atoms with Gasteiger partial charge in [-0.15, -0.1) is 0 Å². The van der Waals surface area contributed by atoms with E-state index >= 15 is 0 Å². The van der Waals surface area contributed by atoms with E-state index in [2.05, 4.69) is 35.5 Å². The van der Waals surface area contributed by atoms with Gasteiger partial charge in [-0.3, -0.25) is 4.98 Å². The highest BCUT2D eigenvalue weighted by molar-refractivity contribution is 6.30. The molecule has 0 N–H and O–H groups in total. The van der Waals surface area contributed by atoms with Crippen molar-refractivity contribution in [2.45, 2.75) is 26.7 Å². The van der Waals surface area contributed by atoms with Gasteiger partial charge >= 0.3 is 0 Å². The van der Waals surface area contributed by atoms with Crippen LogP contribution in [0.15, 0.2) is 42.6 Å². The van der Waals surface area contributed by atoms with Gasteiger partial charge in [0.25, 0.3) is 0 Å². The second-order valence-corrected chi connectivity index (χ2v) is 5.53. The van der Waals surface area contributed by atoms with Crippen molar-refractivity contribution in [3.8, 4) is 5.69 Å². The normalized spacial score (nSPS) is 11.2. The molecule has 0 aliphatic heterocycles. The predicted molar refractivity (Wildman–Crippen MR) is 84.8 cm³/mol. The molecule has 0 amide bonds. The van der Waals surface area contributed by atoms with Gasteiger partial charge in [-0.05, 0) is 55.3 Å². The fourth-order valence-corrected chi connectivity index (χ4v) is 2.73. The number of hydrogen-bond acceptors (Lipinski definition) is 1. The maximum atomic E-state index is 5.98. The van der Waals surface area contributed by atoms with Gasteiger partial charge in [-0.25, -0.2) is 0 Å². The molecule has 0 spiro atoms. The Morgan fingerprint density at radius 2 is 1.90 bits per heavy atom. The van der Waals surface area contributed by atoms with Crippen LogP contribution in [0.4, 0.5) is 0 Å². The molecule has 102 valence electrons. The van der Waals surface area contributed by atoms with E-state index in [1.165, 1.54) is 11.3 Å². The zero-order valence-corrected chi connectivity index (χ0v) is 12.5. The highest BCUT2D eigenvalue weighted by atomic mass is 35.5. The smallest absolute Gasteiger partial charge is 0.0887 e. The van der Waals surface area contributed by atoms with Crippen LogP contribution in [0.3, 0.4) is 0 Å². The lowest BCUT2D eigenvalue weighted by atomic mass is 10.1. The molecule has 20 heavy (non-hydrogen) atoms. The lowest BCUT2D eigenvalue weighted by Gasteiger charge is -2.09. The Morgan fingerprint density at radius 3 is 2.60 bits per heavy atom. The molecule has 0 radical (unpaired) electrons. The van der Waals surface area contributed by atoms with Crippen LogP contribution in [-0.4, -0.2) is 9.55 Å². The van der Waals surface area contributed by atoms with Crippen LogP contribution in [0.25, 0.3) is 16.7 Å². The van der Waals surface area contributed by atoms with E-state index in [0.717, 1.165) is 34.6 Å². The third-order valence-corrected chi connectivity index (χ3v) is 3.77. The Hall–Kier alpha value is -1.80. The van der Waals surface area contributed by atoms with E-state index in [0.29, 0.717) is 0 Å². The van der Waals surface area contributed by atoms with Crippen molar-refractivity contribution in [1.82, 2.24) is 9.55 Å². The van der Waals surface area contributed by atoms with Crippen molar-refractivity contribution in [1.29, 1.82) is 0 Å². The average Bonchev–Trinajstić information content (AvgIpc) is 2.76. The second kappa shape index (κ2) is 5.29. The number of aromatic nitrogens is 2. The number of pyridine rings is 1. The molecule has 3 heteroatoms. The Balaban J connectivity index is 2.20. The highest BCUT2D eigenvalue weighted by Gasteiger charge is 2.09. The van der Waals surface area contributed by atoms with Crippen molar-refractivity contribution in [3.63, 3.8) is 0 Å². The lowest BCUT2D eigenvalue weighted by Crippen LogP contribution is -1.96. The molecular formula is C17H17ClN2. The van der Waals surface area contributed by atoms with E-state index in [-0.39, 0.29) is 0 Å². The topological polar surface area (TPSA) is 17.8 Å². The molecule has 1 aromatic carbocycles. The van der Waals surface area contributed by atoms with Crippen molar-refractivity contribution in [2.24, 2.45) is 0 Å². The van der Waals surface area contributed by atoms with Crippen LogP contribution in [0.1, 0.15) is 24.6 Å². The predicted octanol–water partition coefficient (Wildman–Crippen LogP) is 4.94. The number of hydrogen-bond donors (Lipinski definition) is 0. The van der Waals surface area contributed by atoms with Crippen molar-refractivity contribution in [2.75, 3.05) is 0 Å². The van der Waals surface area contributed by atoms with Gasteiger partial charge in [-0.2, -0.15) is 0 Å². The molecule has 0 aliphatic carbocycles. The van der Waals surface area contributed by atoms with Crippen LogP contribution in [0.5, 0.6) is 0 Å². The minimum Gasteiger partial charge on any atom is -0.312 e. The van der Waals surface area contributed by atoms with Crippen molar-refractivity contribution >= 4 is 22.6 Å². The van der Waals surface area contributed by atoms with Crippen LogP contribution in [-0.2, 0) is 6.42 Å². The minimum atomic E-state index is 0.757. The SMILES string of the molecule is CCCc1cnc2cc(C)n(-c3ccc(Cl)cc3)c2c1. The summed E-state index contributed by atoms with van der Waals surface area (Å²) in [6, 6.07) is 12.3. The molecule has 0 fully saturated rings. The minimum absolute atomic E-state index is 0.757. The molecular weight excluding hydrogens is 268 g/mol. The molecule has 2 heterocycles. The van der Waals surface area contributed by atoms with Crippen molar-refractivity contribution in [3.05, 3.63) is 58.9 Å². The highest BCUT2D eigenvalue weighted by Crippen LogP contribution is 2.24. The number of benzene rings is 1. The standard InChI is InChI=1S/C17H17ClN2/c1-3-4-13-10-17-16(19-11-13)9-12(2)20(17)15-7-5-14(18)6-8-15/h5-11H,3-4H2,1-2H3. The maximum absolute atomic E-state index is 5.98. The number of aryl methyl sites for hydroxylation is 2. The third-order valence-electron chi connectivity index (χ3n) is 3.52. The quantitative estimate of drug-likeness (QED) is 0.666. The van der Waals surface area contributed by atoms with Crippen LogP contribution in [0.2, 0.25) is 5.02 Å². The van der Waals surface area contributed by atoms with Gasteiger partial charge < -0.3 is 4.57 Å². The lowest BCUT2D eigenvalue weighted by molar-refractivity contribution is 0.915. The van der Waals surface area contributed by atoms with Gasteiger partial charge in [-0.1, -0.05) is 24.9 Å². The first-order chi connectivity index (χ1) is 9.69. The monoisotopic (exact) mass is 284 g/mol. The number of rotatable bonds is 3. The molecule has 2 nitrogen and oxygen atoms in total. The van der Waals surface area contributed by atoms with Crippen molar-refractivity contribution < 1.29 is 0 Å². The summed E-state index contributed by atoms with van der Waals surface area (Å²) < 4.78 is 2.23. The molecule has 0 bridgehead atoms. The van der Waals surface area contributed by atoms with Gasteiger partial charge in [0, 0.05) is 22.6 Å². The first-order valence-corrected chi connectivity index (χ1v) is 7.29. The van der Waals surface area contributed by atoms with E-state index in [1.54, 1.807) is 0 Å². The molecule has 3 aromatic rings. The van der Waals surface area contributed by atoms with Gasteiger partial charge in [0.05, 0.1) is 11.0 Å². The molecule has 0 aliphatic rings. The van der Waals surface area contributed by atoms with Gasteiger partial charge in [0.15, 0.2) is 0 Å². The average molecular weight is 285 g/mol. The zero-order chi connectivity index (χ0) is 14.1. The van der Waals surface area contributed by atoms with Crippen LogP contribution < -0.4 is 0 Å². The number of fused-ring (bicyclic) bond motifs is 1. The van der Waals surface area contributed by atoms with Crippen LogP contribution >= 0.6 is 11.6 Å². The van der Waals surface area contributed by atoms with E-state index in [4.69, 9.17) is 11.6 Å². The molecule has 2 aromatic heterocycles. The summed E-state index contributed by atoms with van der Waals surface area (Å²) in [4.78, 5) is 4.58. The summed E-state index contributed by atoms with van der Waals surface area (Å²) in [5, 5.41) is 0.757. The summed E-state index contributed by atoms with van der Waals surface area (Å²) in [7, 11) is 0. The molecule has 0 saturated carbocycles. The Bertz CT molecular complexity index is 742. The first kappa shape index (κ1) is 13.2. The molecule has 3 rings (SSSR count). The Morgan fingerprint density at radius 1 is 1.15 bits per heavy atom. The number of halogens is 1. The second-order valence-electron chi connectivity index (χ2n) is 5.10. The van der Waals surface area contributed by atoms with Crippen LogP contribution in [0, 0.1) is 6.92 Å². The summed E-state index contributed by atoms with van der Waals surface area (Å²) in [5.41, 5.74) is 5.79. The summed E-state index contributed by atoms with van der Waals surface area (Å²) in [6.45, 7) is 4.30. The van der Waals surface area contributed by atoms with E-state index in [9.17, 15) is 0 Å². The molecule has 0 saturated heterocycles. The largest absolute Gasteiger partial charge is 0.312 e. The third kappa shape index (κ3) is 2.32. The van der Waals surface area contributed by atoms with E-state index < -0.39 is 0 Å². The Kier molecular flexibility index (Phi) is 3.49. The summed E-state index contributed by atoms with van der Waals surface area (Å²) in [5.74, 6) is 0. The fourth-order valence-electron chi connectivity index (χ4n) is 2.61. The Labute approximate surface area is 124 Å². The molecule has 0 atom stereocenters. The zero-order valence-electron chi connectivity index (χ0n) is 11.7. The molecule has 0 unspecified atom stereocenters. The fraction of sp³-hybridized carbons (Fsp3) is 0.235. The first-order valence-electron chi connectivity index (χ1n) is 6.92. The maximum Gasteiger partial charge on any atom is 0.0887 e. The summed E-state index contributed by atoms with van der Waals surface area (Å²) >= 11 is 5.98. The number of nitrogens with zero attached hydrogens (tertiary/aromatic N) is 2. The summed E-state index contributed by atoms with van der Waals surface area (Å²) in [6.07, 6.45) is 4.18. The van der Waals surface area contributed by atoms with Gasteiger partial charge in [0.1, 0.15) is 0 Å². The van der Waals surface area contributed by atoms with E-state index in [1.807, 2.05) is 30.5 Å². The van der Waals surface area contributed by atoms with Gasteiger partial charge in [0.2, 0.25) is 0 Å².